The summed E-state index contributed by atoms with van der Waals surface area (Å²) >= 11 is 0. The maximum absolute atomic E-state index is 13.5. The number of carbonyl (C=O) groups is 3. The van der Waals surface area contributed by atoms with Crippen molar-refractivity contribution in [2.24, 2.45) is 0 Å². The summed E-state index contributed by atoms with van der Waals surface area (Å²) in [5.74, 6) is 1.30. The fourth-order valence-corrected chi connectivity index (χ4v) is 5.42. The zero-order chi connectivity index (χ0) is 23.3. The first kappa shape index (κ1) is 20.8. The van der Waals surface area contributed by atoms with E-state index in [9.17, 15) is 14.4 Å². The number of hydrogen-bond donors (Lipinski definition) is 1. The van der Waals surface area contributed by atoms with Crippen molar-refractivity contribution in [3.05, 3.63) is 53.6 Å². The molecule has 4 aliphatic heterocycles. The van der Waals surface area contributed by atoms with E-state index in [1.54, 1.807) is 17.0 Å². The molecule has 4 amide bonds. The Morgan fingerprint density at radius 2 is 1.79 bits per heavy atom. The summed E-state index contributed by atoms with van der Waals surface area (Å²) < 4.78 is 17.0. The van der Waals surface area contributed by atoms with Gasteiger partial charge >= 0.3 is 6.03 Å². The van der Waals surface area contributed by atoms with Crippen LogP contribution in [-0.4, -0.2) is 60.6 Å². The van der Waals surface area contributed by atoms with Gasteiger partial charge < -0.3 is 24.4 Å². The zero-order valence-corrected chi connectivity index (χ0v) is 18.6. The second-order valence-electron chi connectivity index (χ2n) is 8.97. The van der Waals surface area contributed by atoms with Crippen molar-refractivity contribution in [2.75, 3.05) is 32.9 Å². The number of amides is 4. The molecule has 2 fully saturated rings. The number of nitrogens with one attached hydrogen (secondary N) is 1. The van der Waals surface area contributed by atoms with Crippen molar-refractivity contribution in [2.45, 2.75) is 30.8 Å². The molecule has 2 aromatic carbocycles. The van der Waals surface area contributed by atoms with Crippen LogP contribution >= 0.6 is 0 Å². The monoisotopic (exact) mass is 463 g/mol. The molecule has 1 spiro atoms. The number of imide groups is 1. The van der Waals surface area contributed by atoms with Gasteiger partial charge in [-0.3, -0.25) is 14.5 Å². The molecular formula is C25H25N3O6. The van der Waals surface area contributed by atoms with Crippen molar-refractivity contribution in [3.63, 3.8) is 0 Å². The number of nitrogens with zero attached hydrogens (tertiary/aromatic N) is 2. The van der Waals surface area contributed by atoms with Crippen LogP contribution in [0.3, 0.4) is 0 Å². The maximum atomic E-state index is 13.5. The standard InChI is InChI=1S/C25H25N3O6/c29-22(27-10-3-5-18(27)16-7-8-20-21(14-16)34-13-12-33-20)15-28-23(30)25(26-24(28)31)9-11-32-19-6-2-1-4-17(19)25/h1-2,4,6-8,14,18H,3,5,9-13,15H2,(H,26,31)/t18-,25+/m1/s1. The first-order valence-electron chi connectivity index (χ1n) is 11.6. The lowest BCUT2D eigenvalue weighted by Gasteiger charge is -2.33. The summed E-state index contributed by atoms with van der Waals surface area (Å²) in [6.45, 7) is 1.60. The molecule has 0 saturated carbocycles. The highest BCUT2D eigenvalue weighted by atomic mass is 16.6. The largest absolute Gasteiger partial charge is 0.493 e. The number of para-hydroxylation sites is 1. The van der Waals surface area contributed by atoms with Gasteiger partial charge in [0.1, 0.15) is 25.5 Å². The Morgan fingerprint density at radius 3 is 2.68 bits per heavy atom. The van der Waals surface area contributed by atoms with E-state index in [2.05, 4.69) is 5.32 Å². The summed E-state index contributed by atoms with van der Waals surface area (Å²) in [5, 5.41) is 2.85. The van der Waals surface area contributed by atoms with E-state index in [4.69, 9.17) is 14.2 Å². The number of urea groups is 1. The van der Waals surface area contributed by atoms with Gasteiger partial charge in [0.15, 0.2) is 17.0 Å². The molecule has 0 aromatic heterocycles. The van der Waals surface area contributed by atoms with E-state index in [0.717, 1.165) is 23.3 Å². The van der Waals surface area contributed by atoms with E-state index in [0.29, 0.717) is 55.6 Å². The van der Waals surface area contributed by atoms with Crippen LogP contribution < -0.4 is 19.5 Å². The van der Waals surface area contributed by atoms with Crippen LogP contribution in [0.2, 0.25) is 0 Å². The fourth-order valence-electron chi connectivity index (χ4n) is 5.42. The van der Waals surface area contributed by atoms with Gasteiger partial charge in [0.05, 0.1) is 12.6 Å². The molecule has 4 aliphatic rings. The lowest BCUT2D eigenvalue weighted by atomic mass is 9.84. The highest BCUT2D eigenvalue weighted by Gasteiger charge is 2.55. The Labute approximate surface area is 196 Å². The minimum Gasteiger partial charge on any atom is -0.493 e. The molecule has 4 heterocycles. The zero-order valence-electron chi connectivity index (χ0n) is 18.6. The van der Waals surface area contributed by atoms with E-state index in [1.165, 1.54) is 0 Å². The Hall–Kier alpha value is -3.75. The number of benzene rings is 2. The van der Waals surface area contributed by atoms with Crippen molar-refractivity contribution < 1.29 is 28.6 Å². The number of rotatable bonds is 3. The highest BCUT2D eigenvalue weighted by Crippen LogP contribution is 2.42. The van der Waals surface area contributed by atoms with Crippen molar-refractivity contribution in [3.8, 4) is 17.2 Å². The molecule has 2 saturated heterocycles. The Balaban J connectivity index is 1.22. The third kappa shape index (κ3) is 3.18. The normalized spacial score (nSPS) is 25.2. The number of fused-ring (bicyclic) bond motifs is 3. The van der Waals surface area contributed by atoms with Gasteiger partial charge in [-0.15, -0.1) is 0 Å². The summed E-state index contributed by atoms with van der Waals surface area (Å²) in [4.78, 5) is 42.5. The number of carbonyl (C=O) groups excluding carboxylic acids is 3. The minimum absolute atomic E-state index is 0.137. The Bertz CT molecular complexity index is 1180. The second kappa shape index (κ2) is 7.93. The van der Waals surface area contributed by atoms with Crippen LogP contribution in [0.1, 0.15) is 36.4 Å². The fraction of sp³-hybridized carbons (Fsp3) is 0.400. The maximum Gasteiger partial charge on any atom is 0.325 e. The van der Waals surface area contributed by atoms with E-state index < -0.39 is 17.5 Å². The van der Waals surface area contributed by atoms with Gasteiger partial charge in [-0.05, 0) is 36.6 Å². The van der Waals surface area contributed by atoms with E-state index in [1.807, 2.05) is 30.3 Å². The summed E-state index contributed by atoms with van der Waals surface area (Å²) in [6.07, 6.45) is 1.97. The van der Waals surface area contributed by atoms with Gasteiger partial charge in [-0.1, -0.05) is 24.3 Å². The molecule has 6 rings (SSSR count). The lowest BCUT2D eigenvalue weighted by Crippen LogP contribution is -2.48. The van der Waals surface area contributed by atoms with Crippen LogP contribution in [0.5, 0.6) is 17.2 Å². The third-order valence-corrected chi connectivity index (χ3v) is 7.07. The predicted molar refractivity (Wildman–Crippen MR) is 120 cm³/mol. The van der Waals surface area contributed by atoms with E-state index >= 15 is 0 Å². The first-order valence-corrected chi connectivity index (χ1v) is 11.6. The van der Waals surface area contributed by atoms with Gasteiger partial charge in [0.2, 0.25) is 5.91 Å². The molecule has 2 aromatic rings. The molecular weight excluding hydrogens is 438 g/mol. The quantitative estimate of drug-likeness (QED) is 0.702. The Kier molecular flexibility index (Phi) is 4.86. The first-order chi connectivity index (χ1) is 16.6. The Morgan fingerprint density at radius 1 is 1.00 bits per heavy atom. The topological polar surface area (TPSA) is 97.4 Å². The average Bonchev–Trinajstić information content (AvgIpc) is 3.44. The van der Waals surface area contributed by atoms with Crippen LogP contribution in [0.4, 0.5) is 4.79 Å². The summed E-state index contributed by atoms with van der Waals surface area (Å²) in [7, 11) is 0. The van der Waals surface area contributed by atoms with Gasteiger partial charge in [-0.2, -0.15) is 0 Å². The van der Waals surface area contributed by atoms with Crippen molar-refractivity contribution in [1.29, 1.82) is 0 Å². The molecule has 0 aliphatic carbocycles. The molecule has 34 heavy (non-hydrogen) atoms. The number of ether oxygens (including phenoxy) is 3. The second-order valence-corrected chi connectivity index (χ2v) is 8.97. The molecule has 9 heteroatoms. The molecule has 0 radical (unpaired) electrons. The highest BCUT2D eigenvalue weighted by molar-refractivity contribution is 6.09. The van der Waals surface area contributed by atoms with Gasteiger partial charge in [0, 0.05) is 18.5 Å². The predicted octanol–water partition coefficient (Wildman–Crippen LogP) is 2.35. The smallest absolute Gasteiger partial charge is 0.325 e. The number of likely N-dealkylation sites (tertiary alicyclic amines) is 1. The van der Waals surface area contributed by atoms with Crippen molar-refractivity contribution >= 4 is 17.8 Å². The number of hydrogen-bond acceptors (Lipinski definition) is 6. The third-order valence-electron chi connectivity index (χ3n) is 7.07. The molecule has 0 bridgehead atoms. The average molecular weight is 463 g/mol. The van der Waals surface area contributed by atoms with Gasteiger partial charge in [0.25, 0.3) is 5.91 Å². The summed E-state index contributed by atoms with van der Waals surface area (Å²) in [5.41, 5.74) is 0.402. The van der Waals surface area contributed by atoms with Crippen LogP contribution in [0, 0.1) is 0 Å². The summed E-state index contributed by atoms with van der Waals surface area (Å²) in [6, 6.07) is 12.3. The molecule has 9 nitrogen and oxygen atoms in total. The lowest BCUT2D eigenvalue weighted by molar-refractivity contribution is -0.140. The van der Waals surface area contributed by atoms with Gasteiger partial charge in [-0.25, -0.2) is 4.79 Å². The van der Waals surface area contributed by atoms with Crippen molar-refractivity contribution in [1.82, 2.24) is 15.1 Å². The molecule has 0 unspecified atom stereocenters. The minimum atomic E-state index is -1.19. The molecule has 2 atom stereocenters. The molecule has 1 N–H and O–H groups in total. The van der Waals surface area contributed by atoms with Crippen LogP contribution in [0.15, 0.2) is 42.5 Å². The van der Waals surface area contributed by atoms with E-state index in [-0.39, 0.29) is 18.5 Å². The van der Waals surface area contributed by atoms with Crippen LogP contribution in [0.25, 0.3) is 0 Å². The molecule has 176 valence electrons. The SMILES string of the molecule is O=C1N[C@]2(CCOc3ccccc32)C(=O)N1CC(=O)N1CCC[C@@H]1c1ccc2c(c1)OCCO2. The van der Waals surface area contributed by atoms with Crippen LogP contribution in [-0.2, 0) is 15.1 Å².